The largest absolute Gasteiger partial charge is 0.317 e. The normalized spacial score (nSPS) is 28.6. The SMILES string of the molecule is CNC1CC(C)CCC1C(C)(C)Cc1nnn(C)n1. The van der Waals surface area contributed by atoms with E-state index in [0.717, 1.165) is 18.2 Å². The number of rotatable bonds is 4. The molecule has 0 aromatic carbocycles. The molecular weight excluding hydrogens is 238 g/mol. The maximum absolute atomic E-state index is 4.33. The van der Waals surface area contributed by atoms with Crippen LogP contribution in [0.1, 0.15) is 45.9 Å². The molecular formula is C14H27N5. The fourth-order valence-corrected chi connectivity index (χ4v) is 3.57. The van der Waals surface area contributed by atoms with E-state index in [4.69, 9.17) is 0 Å². The zero-order chi connectivity index (χ0) is 14.0. The van der Waals surface area contributed by atoms with Crippen LogP contribution in [0.5, 0.6) is 0 Å². The van der Waals surface area contributed by atoms with Crippen molar-refractivity contribution < 1.29 is 0 Å². The van der Waals surface area contributed by atoms with Gasteiger partial charge in [0.2, 0.25) is 0 Å². The first-order chi connectivity index (χ1) is 8.92. The van der Waals surface area contributed by atoms with Gasteiger partial charge in [-0.15, -0.1) is 10.2 Å². The van der Waals surface area contributed by atoms with Crippen molar-refractivity contribution in [2.45, 2.75) is 52.5 Å². The van der Waals surface area contributed by atoms with E-state index >= 15 is 0 Å². The van der Waals surface area contributed by atoms with E-state index in [2.05, 4.69) is 48.5 Å². The van der Waals surface area contributed by atoms with E-state index in [9.17, 15) is 0 Å². The lowest BCUT2D eigenvalue weighted by molar-refractivity contribution is 0.0963. The van der Waals surface area contributed by atoms with Gasteiger partial charge in [0.15, 0.2) is 5.82 Å². The first-order valence-corrected chi connectivity index (χ1v) is 7.32. The van der Waals surface area contributed by atoms with Gasteiger partial charge in [-0.3, -0.25) is 0 Å². The van der Waals surface area contributed by atoms with Crippen LogP contribution < -0.4 is 5.32 Å². The summed E-state index contributed by atoms with van der Waals surface area (Å²) >= 11 is 0. The van der Waals surface area contributed by atoms with Gasteiger partial charge in [-0.05, 0) is 42.4 Å². The highest BCUT2D eigenvalue weighted by molar-refractivity contribution is 4.96. The molecule has 1 aromatic heterocycles. The molecule has 1 aliphatic rings. The second-order valence-electron chi connectivity index (χ2n) is 6.78. The van der Waals surface area contributed by atoms with Crippen molar-refractivity contribution >= 4 is 0 Å². The zero-order valence-electron chi connectivity index (χ0n) is 12.8. The second kappa shape index (κ2) is 5.57. The van der Waals surface area contributed by atoms with Crippen molar-refractivity contribution in [1.82, 2.24) is 25.5 Å². The third-order valence-electron chi connectivity index (χ3n) is 4.65. The van der Waals surface area contributed by atoms with Crippen LogP contribution in [0.25, 0.3) is 0 Å². The van der Waals surface area contributed by atoms with Gasteiger partial charge in [0.1, 0.15) is 0 Å². The first kappa shape index (κ1) is 14.4. The molecule has 3 atom stereocenters. The van der Waals surface area contributed by atoms with Gasteiger partial charge in [0.25, 0.3) is 0 Å². The van der Waals surface area contributed by atoms with Crippen molar-refractivity contribution in [3.63, 3.8) is 0 Å². The predicted octanol–water partition coefficient (Wildman–Crippen LogP) is 1.80. The molecule has 5 nitrogen and oxygen atoms in total. The van der Waals surface area contributed by atoms with E-state index in [-0.39, 0.29) is 5.41 Å². The van der Waals surface area contributed by atoms with Gasteiger partial charge >= 0.3 is 0 Å². The standard InChI is InChI=1S/C14H27N5/c1-10-6-7-11(12(8-10)15-4)14(2,3)9-13-16-18-19(5)17-13/h10-12,15H,6-9H2,1-5H3. The number of aromatic nitrogens is 4. The summed E-state index contributed by atoms with van der Waals surface area (Å²) in [6.45, 7) is 7.04. The molecule has 0 bridgehead atoms. The summed E-state index contributed by atoms with van der Waals surface area (Å²) in [5, 5.41) is 15.9. The number of hydrogen-bond donors (Lipinski definition) is 1. The topological polar surface area (TPSA) is 55.6 Å². The van der Waals surface area contributed by atoms with Crippen LogP contribution in [-0.2, 0) is 13.5 Å². The summed E-state index contributed by atoms with van der Waals surface area (Å²) in [6, 6.07) is 0.607. The Morgan fingerprint density at radius 2 is 2.11 bits per heavy atom. The van der Waals surface area contributed by atoms with Gasteiger partial charge < -0.3 is 5.32 Å². The molecule has 1 saturated carbocycles. The zero-order valence-corrected chi connectivity index (χ0v) is 12.8. The smallest absolute Gasteiger partial charge is 0.175 e. The molecule has 1 fully saturated rings. The van der Waals surface area contributed by atoms with Crippen LogP contribution in [0, 0.1) is 17.3 Å². The molecule has 0 saturated heterocycles. The highest BCUT2D eigenvalue weighted by Crippen LogP contribution is 2.41. The molecule has 0 aliphatic heterocycles. The fraction of sp³-hybridized carbons (Fsp3) is 0.929. The van der Waals surface area contributed by atoms with Gasteiger partial charge in [0.05, 0.1) is 7.05 Å². The minimum absolute atomic E-state index is 0.205. The van der Waals surface area contributed by atoms with E-state index in [0.29, 0.717) is 12.0 Å². The van der Waals surface area contributed by atoms with Crippen LogP contribution in [0.2, 0.25) is 0 Å². The van der Waals surface area contributed by atoms with E-state index < -0.39 is 0 Å². The van der Waals surface area contributed by atoms with Crippen LogP contribution in [-0.4, -0.2) is 33.3 Å². The quantitative estimate of drug-likeness (QED) is 0.902. The number of hydrogen-bond acceptors (Lipinski definition) is 4. The van der Waals surface area contributed by atoms with Gasteiger partial charge in [-0.1, -0.05) is 27.2 Å². The summed E-state index contributed by atoms with van der Waals surface area (Å²) in [5.41, 5.74) is 0.205. The Balaban J connectivity index is 2.09. The average Bonchev–Trinajstić information content (AvgIpc) is 2.73. The van der Waals surface area contributed by atoms with Crippen LogP contribution >= 0.6 is 0 Å². The molecule has 1 heterocycles. The molecule has 0 amide bonds. The minimum atomic E-state index is 0.205. The van der Waals surface area contributed by atoms with Gasteiger partial charge in [-0.2, -0.15) is 4.80 Å². The minimum Gasteiger partial charge on any atom is -0.317 e. The van der Waals surface area contributed by atoms with Crippen molar-refractivity contribution in [3.8, 4) is 0 Å². The molecule has 19 heavy (non-hydrogen) atoms. The maximum atomic E-state index is 4.33. The summed E-state index contributed by atoms with van der Waals surface area (Å²) in [4.78, 5) is 1.55. The molecule has 108 valence electrons. The van der Waals surface area contributed by atoms with Crippen LogP contribution in [0.4, 0.5) is 0 Å². The lowest BCUT2D eigenvalue weighted by Crippen LogP contribution is -2.46. The Kier molecular flexibility index (Phi) is 4.23. The lowest BCUT2D eigenvalue weighted by atomic mass is 9.65. The molecule has 1 aliphatic carbocycles. The summed E-state index contributed by atoms with van der Waals surface area (Å²) < 4.78 is 0. The first-order valence-electron chi connectivity index (χ1n) is 7.32. The monoisotopic (exact) mass is 265 g/mol. The van der Waals surface area contributed by atoms with E-state index in [1.165, 1.54) is 19.3 Å². The summed E-state index contributed by atoms with van der Waals surface area (Å²) in [7, 11) is 3.91. The number of aryl methyl sites for hydroxylation is 1. The second-order valence-corrected chi connectivity index (χ2v) is 6.78. The van der Waals surface area contributed by atoms with E-state index in [1.807, 2.05) is 7.05 Å². The van der Waals surface area contributed by atoms with Crippen molar-refractivity contribution in [1.29, 1.82) is 0 Å². The van der Waals surface area contributed by atoms with Crippen LogP contribution in [0.3, 0.4) is 0 Å². The maximum Gasteiger partial charge on any atom is 0.175 e. The fourth-order valence-electron chi connectivity index (χ4n) is 3.57. The molecule has 1 N–H and O–H groups in total. The Hall–Kier alpha value is -0.970. The number of nitrogens with zero attached hydrogens (tertiary/aromatic N) is 4. The average molecular weight is 265 g/mol. The van der Waals surface area contributed by atoms with Crippen LogP contribution in [0.15, 0.2) is 0 Å². The Labute approximate surface area is 116 Å². The molecule has 0 radical (unpaired) electrons. The lowest BCUT2D eigenvalue weighted by Gasteiger charge is -2.44. The van der Waals surface area contributed by atoms with Crippen molar-refractivity contribution in [3.05, 3.63) is 5.82 Å². The van der Waals surface area contributed by atoms with Crippen molar-refractivity contribution in [2.24, 2.45) is 24.3 Å². The molecule has 2 rings (SSSR count). The molecule has 5 heteroatoms. The van der Waals surface area contributed by atoms with Gasteiger partial charge in [0, 0.05) is 12.5 Å². The Bertz CT molecular complexity index is 412. The Morgan fingerprint density at radius 1 is 1.37 bits per heavy atom. The molecule has 1 aromatic rings. The van der Waals surface area contributed by atoms with Crippen molar-refractivity contribution in [2.75, 3.05) is 7.05 Å². The Morgan fingerprint density at radius 3 is 2.68 bits per heavy atom. The highest BCUT2D eigenvalue weighted by Gasteiger charge is 2.39. The molecule has 3 unspecified atom stereocenters. The predicted molar refractivity (Wildman–Crippen MR) is 75.6 cm³/mol. The highest BCUT2D eigenvalue weighted by atomic mass is 15.6. The summed E-state index contributed by atoms with van der Waals surface area (Å²) in [6.07, 6.45) is 4.80. The van der Waals surface area contributed by atoms with Gasteiger partial charge in [-0.25, -0.2) is 0 Å². The number of tetrazole rings is 1. The third kappa shape index (κ3) is 3.32. The summed E-state index contributed by atoms with van der Waals surface area (Å²) in [5.74, 6) is 2.37. The van der Waals surface area contributed by atoms with E-state index in [1.54, 1.807) is 4.80 Å². The third-order valence-corrected chi connectivity index (χ3v) is 4.65. The number of nitrogens with one attached hydrogen (secondary N) is 1. The molecule has 0 spiro atoms.